The van der Waals surface area contributed by atoms with Gasteiger partial charge in [0.15, 0.2) is 0 Å². The Kier molecular flexibility index (Phi) is 5.17. The number of rotatable bonds is 7. The van der Waals surface area contributed by atoms with Gasteiger partial charge in [-0.1, -0.05) is 40.0 Å². The molecule has 4 fully saturated rings. The Labute approximate surface area is 170 Å². The minimum absolute atomic E-state index is 0.00505. The standard InChI is InChI=1S/C24H38O4/c1-5-6-7-12-24-15-16-17-8-9-19(25)22(17,2)13-10-18(16)23(3,21(24)28-24)14-11-20(26)27-4/h16-18,21H,5-15H2,1-4H3. The summed E-state index contributed by atoms with van der Waals surface area (Å²) in [4.78, 5) is 24.6. The van der Waals surface area contributed by atoms with Crippen LogP contribution < -0.4 is 0 Å². The fourth-order valence-corrected chi connectivity index (χ4v) is 7.60. The zero-order chi connectivity index (χ0) is 20.2. The molecule has 7 atom stereocenters. The summed E-state index contributed by atoms with van der Waals surface area (Å²) < 4.78 is 11.5. The highest BCUT2D eigenvalue weighted by Gasteiger charge is 2.72. The molecule has 0 bridgehead atoms. The maximum Gasteiger partial charge on any atom is 0.305 e. The quantitative estimate of drug-likeness (QED) is 0.346. The molecule has 1 heterocycles. The maximum absolute atomic E-state index is 12.7. The fourth-order valence-electron chi connectivity index (χ4n) is 7.60. The van der Waals surface area contributed by atoms with Crippen LogP contribution in [0, 0.1) is 28.6 Å². The van der Waals surface area contributed by atoms with E-state index in [0.717, 1.165) is 44.9 Å². The lowest BCUT2D eigenvalue weighted by Crippen LogP contribution is -2.54. The highest BCUT2D eigenvalue weighted by Crippen LogP contribution is 2.70. The smallest absolute Gasteiger partial charge is 0.305 e. The second-order valence-corrected chi connectivity index (χ2v) is 10.6. The number of esters is 1. The maximum atomic E-state index is 12.7. The minimum Gasteiger partial charge on any atom is -0.469 e. The van der Waals surface area contributed by atoms with Crippen LogP contribution in [0.1, 0.15) is 91.4 Å². The number of carbonyl (C=O) groups is 2. The number of fused-ring (bicyclic) bond motifs is 4. The molecule has 0 radical (unpaired) electrons. The van der Waals surface area contributed by atoms with Gasteiger partial charge in [-0.25, -0.2) is 0 Å². The first kappa shape index (κ1) is 20.4. The van der Waals surface area contributed by atoms with Gasteiger partial charge < -0.3 is 9.47 Å². The normalized spacial score (nSPS) is 46.5. The summed E-state index contributed by atoms with van der Waals surface area (Å²) in [7, 11) is 1.48. The average Bonchev–Trinajstić information content (AvgIpc) is 3.32. The van der Waals surface area contributed by atoms with Crippen LogP contribution in [0.25, 0.3) is 0 Å². The summed E-state index contributed by atoms with van der Waals surface area (Å²) in [5.41, 5.74) is -0.0852. The van der Waals surface area contributed by atoms with Crippen LogP contribution in [0.2, 0.25) is 0 Å². The van der Waals surface area contributed by atoms with Gasteiger partial charge in [0.1, 0.15) is 5.78 Å². The number of carbonyl (C=O) groups excluding carboxylic acids is 2. The lowest BCUT2D eigenvalue weighted by atomic mass is 9.47. The second-order valence-electron chi connectivity index (χ2n) is 10.6. The molecule has 0 amide bonds. The van der Waals surface area contributed by atoms with Crippen molar-refractivity contribution in [3.63, 3.8) is 0 Å². The first-order valence-corrected chi connectivity index (χ1v) is 11.6. The van der Waals surface area contributed by atoms with E-state index in [0.29, 0.717) is 30.0 Å². The van der Waals surface area contributed by atoms with E-state index in [1.165, 1.54) is 26.4 Å². The highest BCUT2D eigenvalue weighted by atomic mass is 16.6. The molecule has 3 saturated carbocycles. The summed E-state index contributed by atoms with van der Waals surface area (Å²) in [6, 6.07) is 0. The number of methoxy groups -OCH3 is 1. The monoisotopic (exact) mass is 390 g/mol. The summed E-state index contributed by atoms with van der Waals surface area (Å²) in [6.45, 7) is 6.86. The van der Waals surface area contributed by atoms with E-state index in [9.17, 15) is 9.59 Å². The minimum atomic E-state index is -0.114. The Balaban J connectivity index is 1.61. The lowest BCUT2D eigenvalue weighted by Gasteiger charge is -2.55. The molecule has 7 unspecified atom stereocenters. The van der Waals surface area contributed by atoms with E-state index >= 15 is 0 Å². The molecule has 158 valence electrons. The van der Waals surface area contributed by atoms with Gasteiger partial charge >= 0.3 is 5.97 Å². The summed E-state index contributed by atoms with van der Waals surface area (Å²) in [6.07, 6.45) is 11.5. The third kappa shape index (κ3) is 2.97. The second kappa shape index (κ2) is 7.11. The van der Waals surface area contributed by atoms with Crippen molar-refractivity contribution < 1.29 is 19.1 Å². The fraction of sp³-hybridized carbons (Fsp3) is 0.917. The van der Waals surface area contributed by atoms with Crippen molar-refractivity contribution in [2.24, 2.45) is 28.6 Å². The molecule has 4 aliphatic rings. The molecule has 28 heavy (non-hydrogen) atoms. The molecular formula is C24H38O4. The third-order valence-electron chi connectivity index (χ3n) is 9.25. The van der Waals surface area contributed by atoms with Gasteiger partial charge in [0.05, 0.1) is 18.8 Å². The van der Waals surface area contributed by atoms with Crippen LogP contribution >= 0.6 is 0 Å². The van der Waals surface area contributed by atoms with E-state index in [2.05, 4.69) is 20.8 Å². The van der Waals surface area contributed by atoms with E-state index in [1.807, 2.05) is 0 Å². The van der Waals surface area contributed by atoms with Gasteiger partial charge in [-0.2, -0.15) is 0 Å². The van der Waals surface area contributed by atoms with Crippen molar-refractivity contribution in [3.8, 4) is 0 Å². The van der Waals surface area contributed by atoms with E-state index in [1.54, 1.807) is 0 Å². The van der Waals surface area contributed by atoms with Crippen LogP contribution in [-0.4, -0.2) is 30.6 Å². The number of epoxide rings is 1. The summed E-state index contributed by atoms with van der Waals surface area (Å²) >= 11 is 0. The number of ether oxygens (including phenoxy) is 2. The Morgan fingerprint density at radius 3 is 2.68 bits per heavy atom. The molecule has 4 rings (SSSR count). The molecule has 1 aliphatic heterocycles. The van der Waals surface area contributed by atoms with Crippen molar-refractivity contribution in [1.82, 2.24) is 0 Å². The van der Waals surface area contributed by atoms with Crippen molar-refractivity contribution in [1.29, 1.82) is 0 Å². The van der Waals surface area contributed by atoms with Crippen molar-refractivity contribution in [2.75, 3.05) is 7.11 Å². The number of hydrogen-bond donors (Lipinski definition) is 0. The van der Waals surface area contributed by atoms with Crippen LogP contribution in [0.5, 0.6) is 0 Å². The topological polar surface area (TPSA) is 55.9 Å². The molecule has 0 aromatic carbocycles. The van der Waals surface area contributed by atoms with Gasteiger partial charge in [-0.15, -0.1) is 0 Å². The number of unbranched alkanes of at least 4 members (excludes halogenated alkanes) is 2. The Morgan fingerprint density at radius 2 is 1.96 bits per heavy atom. The van der Waals surface area contributed by atoms with Crippen LogP contribution in [-0.2, 0) is 19.1 Å². The molecule has 0 aromatic rings. The molecule has 0 N–H and O–H groups in total. The van der Waals surface area contributed by atoms with E-state index in [4.69, 9.17) is 9.47 Å². The van der Waals surface area contributed by atoms with Gasteiger partial charge in [0.25, 0.3) is 0 Å². The lowest BCUT2D eigenvalue weighted by molar-refractivity contribution is -0.142. The van der Waals surface area contributed by atoms with Crippen LogP contribution in [0.3, 0.4) is 0 Å². The predicted molar refractivity (Wildman–Crippen MR) is 108 cm³/mol. The predicted octanol–water partition coefficient (Wildman–Crippen LogP) is 5.08. The van der Waals surface area contributed by atoms with Gasteiger partial charge in [0, 0.05) is 23.7 Å². The molecule has 4 heteroatoms. The zero-order valence-corrected chi connectivity index (χ0v) is 18.2. The van der Waals surface area contributed by atoms with E-state index in [-0.39, 0.29) is 28.5 Å². The number of Topliss-reactive ketones (excluding diaryl/α,β-unsaturated/α-hetero) is 1. The molecule has 4 nitrogen and oxygen atoms in total. The molecule has 0 aromatic heterocycles. The molecule has 0 spiro atoms. The number of hydrogen-bond acceptors (Lipinski definition) is 4. The zero-order valence-electron chi connectivity index (χ0n) is 18.2. The Hall–Kier alpha value is -0.900. The molecular weight excluding hydrogens is 352 g/mol. The summed E-state index contributed by atoms with van der Waals surface area (Å²) in [5, 5.41) is 0. The average molecular weight is 391 g/mol. The molecule has 1 saturated heterocycles. The number of ketones is 1. The van der Waals surface area contributed by atoms with Gasteiger partial charge in [0.2, 0.25) is 0 Å². The van der Waals surface area contributed by atoms with Crippen molar-refractivity contribution >= 4 is 11.8 Å². The Morgan fingerprint density at radius 1 is 1.18 bits per heavy atom. The third-order valence-corrected chi connectivity index (χ3v) is 9.25. The largest absolute Gasteiger partial charge is 0.469 e. The van der Waals surface area contributed by atoms with Crippen LogP contribution in [0.4, 0.5) is 0 Å². The van der Waals surface area contributed by atoms with Gasteiger partial charge in [-0.05, 0) is 56.3 Å². The van der Waals surface area contributed by atoms with Gasteiger partial charge in [-0.3, -0.25) is 9.59 Å². The SMILES string of the molecule is CCCCCC12CC3C4CCC(=O)C4(C)CCC3C(C)(CCC(=O)OC)C1O2. The Bertz CT molecular complexity index is 645. The van der Waals surface area contributed by atoms with E-state index < -0.39 is 0 Å². The summed E-state index contributed by atoms with van der Waals surface area (Å²) in [5.74, 6) is 2.01. The first-order valence-electron chi connectivity index (χ1n) is 11.6. The van der Waals surface area contributed by atoms with Crippen LogP contribution in [0.15, 0.2) is 0 Å². The molecule has 3 aliphatic carbocycles. The van der Waals surface area contributed by atoms with Crippen molar-refractivity contribution in [2.45, 2.75) is 103 Å². The highest BCUT2D eigenvalue weighted by molar-refractivity contribution is 5.87. The first-order chi connectivity index (χ1) is 13.3. The van der Waals surface area contributed by atoms with Crippen molar-refractivity contribution in [3.05, 3.63) is 0 Å².